The minimum Gasteiger partial charge on any atom is -0.335 e. The van der Waals surface area contributed by atoms with Crippen LogP contribution in [0.3, 0.4) is 0 Å². The third kappa shape index (κ3) is 3.62. The topological polar surface area (TPSA) is 80.3 Å². The molecule has 4 heterocycles. The van der Waals surface area contributed by atoms with Crippen molar-refractivity contribution in [2.24, 2.45) is 4.99 Å². The molecule has 3 aromatic heterocycles. The third-order valence-electron chi connectivity index (χ3n) is 4.63. The fourth-order valence-corrected chi connectivity index (χ4v) is 3.18. The molecule has 1 atom stereocenters. The molecule has 7 nitrogen and oxygen atoms in total. The van der Waals surface area contributed by atoms with Gasteiger partial charge in [-0.15, -0.1) is 0 Å². The van der Waals surface area contributed by atoms with E-state index in [4.69, 9.17) is 4.52 Å². The molecule has 4 rings (SSSR count). The number of hydrogen-bond acceptors (Lipinski definition) is 7. The van der Waals surface area contributed by atoms with Gasteiger partial charge in [-0.05, 0) is 44.0 Å². The summed E-state index contributed by atoms with van der Waals surface area (Å²) in [5.41, 5.74) is 0.305. The molecular weight excluding hydrogens is 378 g/mol. The van der Waals surface area contributed by atoms with Crippen LogP contribution in [-0.4, -0.2) is 51.2 Å². The van der Waals surface area contributed by atoms with E-state index in [9.17, 15) is 8.78 Å². The molecule has 29 heavy (non-hydrogen) atoms. The first-order valence-electron chi connectivity index (χ1n) is 8.72. The van der Waals surface area contributed by atoms with E-state index in [1.807, 2.05) is 18.2 Å². The fraction of sp³-hybridized carbons (Fsp3) is 0.250. The molecule has 0 spiro atoms. The molecule has 0 amide bonds. The number of hydrogen-bond donors (Lipinski definition) is 0. The first-order chi connectivity index (χ1) is 13.9. The molecule has 0 saturated carbocycles. The second kappa shape index (κ2) is 7.14. The number of pyridine rings is 2. The number of halogens is 2. The number of likely N-dealkylation sites (tertiary alicyclic amines) is 1. The van der Waals surface area contributed by atoms with Gasteiger partial charge in [0.05, 0.1) is 13.0 Å². The van der Waals surface area contributed by atoms with Crippen LogP contribution >= 0.6 is 0 Å². The second-order valence-electron chi connectivity index (χ2n) is 6.68. The maximum atomic E-state index is 13.9. The summed E-state index contributed by atoms with van der Waals surface area (Å²) in [6.45, 7) is 2.99. The average Bonchev–Trinajstić information content (AvgIpc) is 3.30. The molecule has 1 fully saturated rings. The molecule has 0 aliphatic carbocycles. The van der Waals surface area contributed by atoms with E-state index in [1.165, 1.54) is 11.9 Å². The van der Waals surface area contributed by atoms with E-state index < -0.39 is 24.6 Å². The van der Waals surface area contributed by atoms with Crippen LogP contribution in [0, 0.1) is 11.8 Å². The summed E-state index contributed by atoms with van der Waals surface area (Å²) >= 11 is 0. The first-order valence-corrected chi connectivity index (χ1v) is 8.72. The van der Waals surface area contributed by atoms with Crippen LogP contribution in [0.4, 0.5) is 8.78 Å². The maximum Gasteiger partial charge on any atom is 0.270 e. The van der Waals surface area contributed by atoms with Crippen LogP contribution in [0.25, 0.3) is 11.5 Å². The van der Waals surface area contributed by atoms with Crippen molar-refractivity contribution in [1.29, 1.82) is 0 Å². The summed E-state index contributed by atoms with van der Waals surface area (Å²) in [5, 5.41) is 3.88. The fourth-order valence-electron chi connectivity index (χ4n) is 3.18. The van der Waals surface area contributed by atoms with Gasteiger partial charge < -0.3 is 4.52 Å². The molecule has 0 aromatic carbocycles. The summed E-state index contributed by atoms with van der Waals surface area (Å²) in [6.07, 6.45) is 2.66. The van der Waals surface area contributed by atoms with Crippen molar-refractivity contribution in [2.45, 2.75) is 18.0 Å². The number of aromatic nitrogens is 4. The molecule has 1 aliphatic rings. The smallest absolute Gasteiger partial charge is 0.270 e. The Morgan fingerprint density at radius 2 is 2.07 bits per heavy atom. The lowest BCUT2D eigenvalue weighted by Gasteiger charge is -2.26. The van der Waals surface area contributed by atoms with Gasteiger partial charge in [-0.2, -0.15) is 4.98 Å². The highest BCUT2D eigenvalue weighted by Crippen LogP contribution is 2.45. The molecule has 0 N–H and O–H groups in total. The highest BCUT2D eigenvalue weighted by Gasteiger charge is 2.57. The van der Waals surface area contributed by atoms with Crippen molar-refractivity contribution in [2.75, 3.05) is 13.6 Å². The van der Waals surface area contributed by atoms with Gasteiger partial charge in [0.2, 0.25) is 5.82 Å². The Labute approximate surface area is 165 Å². The quantitative estimate of drug-likeness (QED) is 0.502. The maximum absolute atomic E-state index is 13.9. The Morgan fingerprint density at radius 1 is 1.21 bits per heavy atom. The van der Waals surface area contributed by atoms with Crippen molar-refractivity contribution >= 4 is 6.72 Å². The van der Waals surface area contributed by atoms with Gasteiger partial charge >= 0.3 is 0 Å². The summed E-state index contributed by atoms with van der Waals surface area (Å²) in [4.78, 5) is 17.9. The molecule has 146 valence electrons. The average molecular weight is 394 g/mol. The van der Waals surface area contributed by atoms with Gasteiger partial charge in [-0.25, -0.2) is 13.8 Å². The van der Waals surface area contributed by atoms with Gasteiger partial charge in [0.1, 0.15) is 11.4 Å². The monoisotopic (exact) mass is 394 g/mol. The molecule has 0 unspecified atom stereocenters. The lowest BCUT2D eigenvalue weighted by atomic mass is 10.1. The van der Waals surface area contributed by atoms with Gasteiger partial charge in [0, 0.05) is 18.0 Å². The molecule has 1 saturated heterocycles. The van der Waals surface area contributed by atoms with E-state index in [-0.39, 0.29) is 11.7 Å². The summed E-state index contributed by atoms with van der Waals surface area (Å²) in [6, 6.07) is 8.91. The van der Waals surface area contributed by atoms with Gasteiger partial charge in [0.25, 0.3) is 11.8 Å². The predicted molar refractivity (Wildman–Crippen MR) is 101 cm³/mol. The SMILES string of the molecule is C=N[C@]1(c2nc(-c3ccc(C#Cc4ccccn4)cn3)no2)CC(F)(F)CN1C. The van der Waals surface area contributed by atoms with Crippen molar-refractivity contribution < 1.29 is 13.3 Å². The van der Waals surface area contributed by atoms with Crippen LogP contribution in [0.15, 0.2) is 52.2 Å². The zero-order valence-corrected chi connectivity index (χ0v) is 15.5. The standard InChI is InChI=1S/C20H16F2N6O/c1-23-20(12-19(21,22)13-28(20)2)18-26-17(27-29-18)16-9-7-14(11-25-16)6-8-15-5-3-4-10-24-15/h3-5,7,9-11H,1,12-13H2,2H3/t20-/m1/s1. The summed E-state index contributed by atoms with van der Waals surface area (Å²) in [5.74, 6) is 3.12. The van der Waals surface area contributed by atoms with E-state index >= 15 is 0 Å². The zero-order chi connectivity index (χ0) is 20.5. The second-order valence-corrected chi connectivity index (χ2v) is 6.68. The van der Waals surface area contributed by atoms with E-state index in [0.29, 0.717) is 17.0 Å². The van der Waals surface area contributed by atoms with Gasteiger partial charge in [-0.3, -0.25) is 14.9 Å². The van der Waals surface area contributed by atoms with Crippen molar-refractivity contribution in [1.82, 2.24) is 25.0 Å². The molecule has 1 aliphatic heterocycles. The minimum absolute atomic E-state index is 0.0389. The normalized spacial score (nSPS) is 20.8. The van der Waals surface area contributed by atoms with Crippen molar-refractivity contribution in [3.63, 3.8) is 0 Å². The van der Waals surface area contributed by atoms with Crippen LogP contribution in [0.1, 0.15) is 23.6 Å². The number of rotatable bonds is 3. The Bertz CT molecular complexity index is 1090. The number of aliphatic imine (C=N–C) groups is 1. The Kier molecular flexibility index (Phi) is 4.64. The zero-order valence-electron chi connectivity index (χ0n) is 15.5. The van der Waals surface area contributed by atoms with Crippen molar-refractivity contribution in [3.05, 3.63) is 59.9 Å². The van der Waals surface area contributed by atoms with Crippen LogP contribution < -0.4 is 0 Å². The van der Waals surface area contributed by atoms with Crippen LogP contribution in [0.2, 0.25) is 0 Å². The Morgan fingerprint density at radius 3 is 2.69 bits per heavy atom. The first kappa shape index (κ1) is 18.8. The lowest BCUT2D eigenvalue weighted by molar-refractivity contribution is 0.0118. The van der Waals surface area contributed by atoms with Crippen LogP contribution in [0.5, 0.6) is 0 Å². The Balaban J connectivity index is 1.57. The molecule has 3 aromatic rings. The van der Waals surface area contributed by atoms with Crippen molar-refractivity contribution in [3.8, 4) is 23.4 Å². The highest BCUT2D eigenvalue weighted by atomic mass is 19.3. The lowest BCUT2D eigenvalue weighted by Crippen LogP contribution is -2.36. The van der Waals surface area contributed by atoms with Gasteiger partial charge in [-0.1, -0.05) is 17.1 Å². The number of alkyl halides is 2. The van der Waals surface area contributed by atoms with E-state index in [2.05, 4.69) is 43.7 Å². The van der Waals surface area contributed by atoms with E-state index in [1.54, 1.807) is 24.5 Å². The molecule has 9 heteroatoms. The number of nitrogens with zero attached hydrogens (tertiary/aromatic N) is 6. The third-order valence-corrected chi connectivity index (χ3v) is 4.63. The minimum atomic E-state index is -2.92. The molecule has 0 radical (unpaired) electrons. The molecular formula is C20H16F2N6O. The highest BCUT2D eigenvalue weighted by molar-refractivity contribution is 5.50. The molecule has 0 bridgehead atoms. The summed E-state index contributed by atoms with van der Waals surface area (Å²) in [7, 11) is 1.52. The van der Waals surface area contributed by atoms with Crippen LogP contribution in [-0.2, 0) is 5.66 Å². The van der Waals surface area contributed by atoms with Gasteiger partial charge in [0.15, 0.2) is 5.66 Å². The summed E-state index contributed by atoms with van der Waals surface area (Å²) < 4.78 is 33.0. The Hall–Kier alpha value is -3.51. The predicted octanol–water partition coefficient (Wildman–Crippen LogP) is 2.75. The largest absolute Gasteiger partial charge is 0.335 e. The van der Waals surface area contributed by atoms with E-state index in [0.717, 1.165) is 0 Å².